The quantitative estimate of drug-likeness (QED) is 0.552. The van der Waals surface area contributed by atoms with Crippen molar-refractivity contribution in [2.45, 2.75) is 0 Å². The van der Waals surface area contributed by atoms with Crippen molar-refractivity contribution < 1.29 is 14.6 Å². The Morgan fingerprint density at radius 2 is 2.08 bits per heavy atom. The van der Waals surface area contributed by atoms with Crippen molar-refractivity contribution in [3.63, 3.8) is 0 Å². The zero-order valence-electron chi connectivity index (χ0n) is 8.24. The molecule has 0 saturated carbocycles. The third-order valence-electron chi connectivity index (χ3n) is 2.27. The van der Waals surface area contributed by atoms with Gasteiger partial charge in [0.1, 0.15) is 0 Å². The molecule has 1 rings (SSSR count). The van der Waals surface area contributed by atoms with Gasteiger partial charge in [-0.3, -0.25) is 0 Å². The first-order valence-electron chi connectivity index (χ1n) is 4.76. The van der Waals surface area contributed by atoms with Crippen LogP contribution in [-0.2, 0) is 9.47 Å². The number of aliphatic hydroxyl groups is 1. The van der Waals surface area contributed by atoms with Crippen molar-refractivity contribution in [1.29, 1.82) is 0 Å². The molecule has 1 fully saturated rings. The summed E-state index contributed by atoms with van der Waals surface area (Å²) < 4.78 is 10.2. The van der Waals surface area contributed by atoms with Crippen LogP contribution in [-0.4, -0.2) is 63.2 Å². The molecule has 0 amide bonds. The Kier molecular flexibility index (Phi) is 5.31. The molecule has 4 nitrogen and oxygen atoms in total. The Morgan fingerprint density at radius 3 is 2.69 bits per heavy atom. The molecule has 13 heavy (non-hydrogen) atoms. The van der Waals surface area contributed by atoms with Crippen molar-refractivity contribution in [2.24, 2.45) is 5.92 Å². The monoisotopic (exact) mass is 189 g/mol. The summed E-state index contributed by atoms with van der Waals surface area (Å²) >= 11 is 0. The smallest absolute Gasteiger partial charge is 0.0700 e. The molecule has 0 unspecified atom stereocenters. The second-order valence-electron chi connectivity index (χ2n) is 3.41. The largest absolute Gasteiger partial charge is 0.396 e. The average Bonchev–Trinajstić information content (AvgIpc) is 2.08. The number of hydrogen-bond donors (Lipinski definition) is 1. The normalized spacial score (nSPS) is 18.9. The molecule has 0 radical (unpaired) electrons. The van der Waals surface area contributed by atoms with E-state index in [0.29, 0.717) is 25.7 Å². The summed E-state index contributed by atoms with van der Waals surface area (Å²) in [5, 5.41) is 8.77. The SMILES string of the molecule is COCCOCCN1CC(CO)C1. The van der Waals surface area contributed by atoms with Gasteiger partial charge in [-0.25, -0.2) is 0 Å². The lowest BCUT2D eigenvalue weighted by Crippen LogP contribution is -2.49. The third-order valence-corrected chi connectivity index (χ3v) is 2.27. The van der Waals surface area contributed by atoms with Gasteiger partial charge in [-0.1, -0.05) is 0 Å². The van der Waals surface area contributed by atoms with E-state index in [1.165, 1.54) is 0 Å². The minimum atomic E-state index is 0.320. The van der Waals surface area contributed by atoms with Gasteiger partial charge in [-0.15, -0.1) is 0 Å². The highest BCUT2D eigenvalue weighted by Gasteiger charge is 2.24. The number of methoxy groups -OCH3 is 1. The summed E-state index contributed by atoms with van der Waals surface area (Å²) in [5.41, 5.74) is 0. The Hall–Kier alpha value is -0.160. The molecule has 78 valence electrons. The molecule has 1 saturated heterocycles. The minimum Gasteiger partial charge on any atom is -0.396 e. The molecule has 4 heteroatoms. The second-order valence-corrected chi connectivity index (χ2v) is 3.41. The van der Waals surface area contributed by atoms with Gasteiger partial charge in [0.25, 0.3) is 0 Å². The fourth-order valence-electron chi connectivity index (χ4n) is 1.41. The highest BCUT2D eigenvalue weighted by molar-refractivity contribution is 4.78. The lowest BCUT2D eigenvalue weighted by Gasteiger charge is -2.38. The first-order valence-corrected chi connectivity index (χ1v) is 4.76. The summed E-state index contributed by atoms with van der Waals surface area (Å²) in [7, 11) is 1.67. The maximum Gasteiger partial charge on any atom is 0.0700 e. The van der Waals surface area contributed by atoms with Crippen LogP contribution in [0.3, 0.4) is 0 Å². The first-order chi connectivity index (χ1) is 6.36. The topological polar surface area (TPSA) is 41.9 Å². The van der Waals surface area contributed by atoms with Crippen LogP contribution in [0.25, 0.3) is 0 Å². The van der Waals surface area contributed by atoms with Crippen LogP contribution < -0.4 is 0 Å². The van der Waals surface area contributed by atoms with Crippen LogP contribution in [0.4, 0.5) is 0 Å². The van der Waals surface area contributed by atoms with Crippen LogP contribution in [0.2, 0.25) is 0 Å². The highest BCUT2D eigenvalue weighted by Crippen LogP contribution is 2.13. The molecule has 1 N–H and O–H groups in total. The Morgan fingerprint density at radius 1 is 1.31 bits per heavy atom. The van der Waals surface area contributed by atoms with Crippen LogP contribution in [0, 0.1) is 5.92 Å². The van der Waals surface area contributed by atoms with Gasteiger partial charge in [0, 0.05) is 39.3 Å². The fraction of sp³-hybridized carbons (Fsp3) is 1.00. The molecule has 1 aliphatic rings. The van der Waals surface area contributed by atoms with Gasteiger partial charge >= 0.3 is 0 Å². The number of hydrogen-bond acceptors (Lipinski definition) is 4. The van der Waals surface area contributed by atoms with Gasteiger partial charge in [-0.05, 0) is 0 Å². The van der Waals surface area contributed by atoms with E-state index in [9.17, 15) is 0 Å². The van der Waals surface area contributed by atoms with Crippen LogP contribution >= 0.6 is 0 Å². The average molecular weight is 189 g/mol. The molecule has 0 atom stereocenters. The molecular weight excluding hydrogens is 170 g/mol. The first kappa shape index (κ1) is 10.9. The Labute approximate surface area is 79.4 Å². The van der Waals surface area contributed by atoms with Crippen molar-refractivity contribution in [1.82, 2.24) is 4.90 Å². The van der Waals surface area contributed by atoms with Gasteiger partial charge in [0.15, 0.2) is 0 Å². The summed E-state index contributed by atoms with van der Waals surface area (Å²) in [4.78, 5) is 2.29. The number of likely N-dealkylation sites (tertiary alicyclic amines) is 1. The summed E-state index contributed by atoms with van der Waals surface area (Å²) in [6, 6.07) is 0. The summed E-state index contributed by atoms with van der Waals surface area (Å²) in [5.74, 6) is 0.499. The maximum absolute atomic E-state index is 8.77. The van der Waals surface area contributed by atoms with Gasteiger partial charge < -0.3 is 19.5 Å². The zero-order chi connectivity index (χ0) is 9.52. The number of rotatable bonds is 7. The molecule has 0 aromatic carbocycles. The van der Waals surface area contributed by atoms with E-state index >= 15 is 0 Å². The molecule has 0 bridgehead atoms. The van der Waals surface area contributed by atoms with Crippen molar-refractivity contribution in [2.75, 3.05) is 53.2 Å². The second kappa shape index (κ2) is 6.32. The van der Waals surface area contributed by atoms with Crippen molar-refractivity contribution >= 4 is 0 Å². The number of ether oxygens (including phenoxy) is 2. The standard InChI is InChI=1S/C9H19NO3/c1-12-4-5-13-3-2-10-6-9(7-10)8-11/h9,11H,2-8H2,1H3. The van der Waals surface area contributed by atoms with E-state index in [2.05, 4.69) is 4.90 Å². The number of nitrogens with zero attached hydrogens (tertiary/aromatic N) is 1. The maximum atomic E-state index is 8.77. The van der Waals surface area contributed by atoms with E-state index < -0.39 is 0 Å². The van der Waals surface area contributed by atoms with E-state index in [-0.39, 0.29) is 0 Å². The minimum absolute atomic E-state index is 0.320. The third kappa shape index (κ3) is 4.04. The summed E-state index contributed by atoms with van der Waals surface area (Å²) in [6.07, 6.45) is 0. The van der Waals surface area contributed by atoms with E-state index in [0.717, 1.165) is 26.2 Å². The molecule has 0 aromatic rings. The van der Waals surface area contributed by atoms with Crippen LogP contribution in [0.5, 0.6) is 0 Å². The Balaban J connectivity index is 1.80. The lowest BCUT2D eigenvalue weighted by molar-refractivity contribution is 0.0132. The molecular formula is C9H19NO3. The molecule has 0 aliphatic carbocycles. The van der Waals surface area contributed by atoms with E-state index in [4.69, 9.17) is 14.6 Å². The molecule has 1 heterocycles. The highest BCUT2D eigenvalue weighted by atomic mass is 16.5. The summed E-state index contributed by atoms with van der Waals surface area (Å²) in [6.45, 7) is 5.43. The van der Waals surface area contributed by atoms with Gasteiger partial charge in [-0.2, -0.15) is 0 Å². The van der Waals surface area contributed by atoms with Gasteiger partial charge in [0.2, 0.25) is 0 Å². The molecule has 0 spiro atoms. The predicted octanol–water partition coefficient (Wildman–Crippen LogP) is -0.426. The zero-order valence-corrected chi connectivity index (χ0v) is 8.24. The van der Waals surface area contributed by atoms with Crippen molar-refractivity contribution in [3.05, 3.63) is 0 Å². The van der Waals surface area contributed by atoms with E-state index in [1.807, 2.05) is 0 Å². The molecule has 1 aliphatic heterocycles. The lowest BCUT2D eigenvalue weighted by atomic mass is 10.0. The number of aliphatic hydroxyl groups excluding tert-OH is 1. The predicted molar refractivity (Wildman–Crippen MR) is 49.7 cm³/mol. The van der Waals surface area contributed by atoms with Crippen molar-refractivity contribution in [3.8, 4) is 0 Å². The van der Waals surface area contributed by atoms with Crippen LogP contribution in [0.1, 0.15) is 0 Å². The Bertz CT molecular complexity index is 126. The van der Waals surface area contributed by atoms with Gasteiger partial charge in [0.05, 0.1) is 19.8 Å². The van der Waals surface area contributed by atoms with E-state index in [1.54, 1.807) is 7.11 Å². The fourth-order valence-corrected chi connectivity index (χ4v) is 1.41. The molecule has 0 aromatic heterocycles. The van der Waals surface area contributed by atoms with Crippen LogP contribution in [0.15, 0.2) is 0 Å².